The third kappa shape index (κ3) is 2.93. The third-order valence-electron chi connectivity index (χ3n) is 3.09. The zero-order chi connectivity index (χ0) is 14.7. The van der Waals surface area contributed by atoms with Crippen LogP contribution in [0.15, 0.2) is 36.5 Å². The van der Waals surface area contributed by atoms with E-state index in [-0.39, 0.29) is 11.4 Å². The molecule has 1 heterocycles. The monoisotopic (exact) mass is 274 g/mol. The number of aromatic nitrogens is 1. The molecule has 4 nitrogen and oxygen atoms in total. The molecule has 2 rings (SSSR count). The highest BCUT2D eigenvalue weighted by atomic mass is 19.1. The summed E-state index contributed by atoms with van der Waals surface area (Å²) >= 11 is 0. The van der Waals surface area contributed by atoms with Crippen LogP contribution in [0.1, 0.15) is 21.5 Å². The molecule has 0 unspecified atom stereocenters. The van der Waals surface area contributed by atoms with Gasteiger partial charge in [0, 0.05) is 13.6 Å². The molecule has 0 fully saturated rings. The molecule has 1 N–H and O–H groups in total. The maximum Gasteiger partial charge on any atom is 0.339 e. The fraction of sp³-hybridized carbons (Fsp3) is 0.200. The molecule has 20 heavy (non-hydrogen) atoms. The molecule has 0 saturated heterocycles. The van der Waals surface area contributed by atoms with E-state index < -0.39 is 11.8 Å². The van der Waals surface area contributed by atoms with Gasteiger partial charge < -0.3 is 10.0 Å². The lowest BCUT2D eigenvalue weighted by Gasteiger charge is -2.21. The number of nitrogens with zero attached hydrogens (tertiary/aromatic N) is 2. The minimum atomic E-state index is -1.19. The highest BCUT2D eigenvalue weighted by Crippen LogP contribution is 2.20. The summed E-state index contributed by atoms with van der Waals surface area (Å²) < 4.78 is 13.1. The number of halogens is 1. The quantitative estimate of drug-likeness (QED) is 0.931. The number of rotatable bonds is 4. The minimum absolute atomic E-state index is 0.138. The van der Waals surface area contributed by atoms with Crippen molar-refractivity contribution in [2.45, 2.75) is 13.5 Å². The number of anilines is 1. The number of carboxylic acids is 1. The van der Waals surface area contributed by atoms with Crippen LogP contribution in [0.25, 0.3) is 0 Å². The van der Waals surface area contributed by atoms with Crippen molar-refractivity contribution in [3.63, 3.8) is 0 Å². The number of hydrogen-bond donors (Lipinski definition) is 1. The molecule has 0 spiro atoms. The first-order chi connectivity index (χ1) is 9.49. The topological polar surface area (TPSA) is 53.4 Å². The van der Waals surface area contributed by atoms with Crippen molar-refractivity contribution in [2.75, 3.05) is 11.9 Å². The number of carbonyl (C=O) groups is 1. The van der Waals surface area contributed by atoms with E-state index in [2.05, 4.69) is 4.98 Å². The second-order valence-corrected chi connectivity index (χ2v) is 4.61. The molecule has 0 aliphatic heterocycles. The average molecular weight is 274 g/mol. The maximum atomic E-state index is 13.1. The van der Waals surface area contributed by atoms with E-state index in [0.717, 1.165) is 23.4 Å². The molecular formula is C15H15FN2O2. The Kier molecular flexibility index (Phi) is 3.98. The Bertz CT molecular complexity index is 644. The van der Waals surface area contributed by atoms with Crippen molar-refractivity contribution >= 4 is 11.8 Å². The van der Waals surface area contributed by atoms with Gasteiger partial charge in [-0.15, -0.1) is 0 Å². The van der Waals surface area contributed by atoms with Gasteiger partial charge in [0.25, 0.3) is 0 Å². The predicted molar refractivity (Wildman–Crippen MR) is 74.4 cm³/mol. The van der Waals surface area contributed by atoms with Gasteiger partial charge in [0.2, 0.25) is 0 Å². The van der Waals surface area contributed by atoms with E-state index in [9.17, 15) is 9.18 Å². The largest absolute Gasteiger partial charge is 0.478 e. The molecule has 2 aromatic rings. The van der Waals surface area contributed by atoms with Gasteiger partial charge in [0.15, 0.2) is 0 Å². The van der Waals surface area contributed by atoms with Crippen LogP contribution in [0, 0.1) is 12.7 Å². The Balaban J connectivity index is 2.32. The first kappa shape index (κ1) is 14.0. The third-order valence-corrected chi connectivity index (χ3v) is 3.09. The molecule has 1 aromatic heterocycles. The van der Waals surface area contributed by atoms with E-state index in [1.807, 2.05) is 31.2 Å². The Morgan fingerprint density at radius 1 is 1.40 bits per heavy atom. The smallest absolute Gasteiger partial charge is 0.339 e. The van der Waals surface area contributed by atoms with E-state index in [4.69, 9.17) is 5.11 Å². The first-order valence-corrected chi connectivity index (χ1v) is 6.13. The van der Waals surface area contributed by atoms with Gasteiger partial charge in [-0.25, -0.2) is 14.2 Å². The molecular weight excluding hydrogens is 259 g/mol. The Labute approximate surface area is 116 Å². The van der Waals surface area contributed by atoms with Crippen LogP contribution in [0.3, 0.4) is 0 Å². The van der Waals surface area contributed by atoms with E-state index in [0.29, 0.717) is 6.54 Å². The molecule has 0 radical (unpaired) electrons. The minimum Gasteiger partial charge on any atom is -0.478 e. The van der Waals surface area contributed by atoms with Crippen LogP contribution in [-0.2, 0) is 6.54 Å². The molecule has 0 amide bonds. The van der Waals surface area contributed by atoms with Gasteiger partial charge in [-0.1, -0.05) is 24.3 Å². The van der Waals surface area contributed by atoms with Crippen molar-refractivity contribution < 1.29 is 14.3 Å². The number of pyridine rings is 1. The lowest BCUT2D eigenvalue weighted by molar-refractivity contribution is 0.0696. The van der Waals surface area contributed by atoms with Crippen molar-refractivity contribution in [3.05, 3.63) is 59.0 Å². The summed E-state index contributed by atoms with van der Waals surface area (Å²) in [6, 6.07) is 8.80. The molecule has 1 aromatic carbocycles. The van der Waals surface area contributed by atoms with Crippen molar-refractivity contribution in [1.82, 2.24) is 4.98 Å². The predicted octanol–water partition coefficient (Wildman–Crippen LogP) is 2.86. The van der Waals surface area contributed by atoms with Crippen LogP contribution >= 0.6 is 0 Å². The van der Waals surface area contributed by atoms with Crippen molar-refractivity contribution in [2.24, 2.45) is 0 Å². The average Bonchev–Trinajstić information content (AvgIpc) is 2.41. The fourth-order valence-electron chi connectivity index (χ4n) is 2.01. The van der Waals surface area contributed by atoms with E-state index in [1.165, 1.54) is 0 Å². The van der Waals surface area contributed by atoms with Gasteiger partial charge in [-0.3, -0.25) is 0 Å². The summed E-state index contributed by atoms with van der Waals surface area (Å²) in [5.74, 6) is -1.60. The molecule has 104 valence electrons. The van der Waals surface area contributed by atoms with Gasteiger partial charge >= 0.3 is 5.97 Å². The van der Waals surface area contributed by atoms with Crippen molar-refractivity contribution in [1.29, 1.82) is 0 Å². The van der Waals surface area contributed by atoms with Crippen LogP contribution in [0.4, 0.5) is 10.2 Å². The lowest BCUT2D eigenvalue weighted by Crippen LogP contribution is -2.21. The zero-order valence-corrected chi connectivity index (χ0v) is 11.3. The van der Waals surface area contributed by atoms with Crippen LogP contribution < -0.4 is 4.90 Å². The second-order valence-electron chi connectivity index (χ2n) is 4.61. The van der Waals surface area contributed by atoms with Gasteiger partial charge in [-0.05, 0) is 24.1 Å². The van der Waals surface area contributed by atoms with Crippen LogP contribution in [0.5, 0.6) is 0 Å². The molecule has 0 atom stereocenters. The van der Waals surface area contributed by atoms with Gasteiger partial charge in [0.1, 0.15) is 17.2 Å². The van der Waals surface area contributed by atoms with Gasteiger partial charge in [-0.2, -0.15) is 0 Å². The Hall–Kier alpha value is -2.43. The first-order valence-electron chi connectivity index (χ1n) is 6.13. The molecule has 0 saturated carbocycles. The van der Waals surface area contributed by atoms with Crippen LogP contribution in [-0.4, -0.2) is 23.1 Å². The Morgan fingerprint density at radius 2 is 2.10 bits per heavy atom. The zero-order valence-electron chi connectivity index (χ0n) is 11.3. The van der Waals surface area contributed by atoms with Crippen molar-refractivity contribution in [3.8, 4) is 0 Å². The lowest BCUT2D eigenvalue weighted by atomic mass is 10.1. The van der Waals surface area contributed by atoms with Crippen LogP contribution in [0.2, 0.25) is 0 Å². The fourth-order valence-corrected chi connectivity index (χ4v) is 2.01. The number of aryl methyl sites for hydroxylation is 1. The summed E-state index contributed by atoms with van der Waals surface area (Å²) in [5, 5.41) is 9.13. The molecule has 0 aliphatic rings. The normalized spacial score (nSPS) is 10.3. The summed E-state index contributed by atoms with van der Waals surface area (Å²) in [5.41, 5.74) is 2.04. The number of carboxylic acid groups (broad SMARTS) is 1. The second kappa shape index (κ2) is 5.69. The number of benzene rings is 1. The summed E-state index contributed by atoms with van der Waals surface area (Å²) in [6.45, 7) is 2.49. The summed E-state index contributed by atoms with van der Waals surface area (Å²) in [7, 11) is 1.74. The summed E-state index contributed by atoms with van der Waals surface area (Å²) in [4.78, 5) is 16.8. The SMILES string of the molecule is Cc1ccccc1CN(C)c1ncc(F)cc1C(=O)O. The highest BCUT2D eigenvalue weighted by Gasteiger charge is 2.16. The standard InChI is InChI=1S/C15H15FN2O2/c1-10-5-3-4-6-11(10)9-18(2)14-13(15(19)20)7-12(16)8-17-14/h3-8H,9H2,1-2H3,(H,19,20). The van der Waals surface area contributed by atoms with Gasteiger partial charge in [0.05, 0.1) is 6.20 Å². The number of aromatic carboxylic acids is 1. The molecule has 0 aliphatic carbocycles. The van der Waals surface area contributed by atoms with E-state index in [1.54, 1.807) is 11.9 Å². The number of hydrogen-bond acceptors (Lipinski definition) is 3. The summed E-state index contributed by atoms with van der Waals surface area (Å²) in [6.07, 6.45) is 1.02. The Morgan fingerprint density at radius 3 is 2.75 bits per heavy atom. The molecule has 5 heteroatoms. The maximum absolute atomic E-state index is 13.1. The molecule has 0 bridgehead atoms. The van der Waals surface area contributed by atoms with E-state index >= 15 is 0 Å². The highest BCUT2D eigenvalue weighted by molar-refractivity contribution is 5.93.